The molecule has 2 nitrogen and oxygen atoms in total. The molecule has 19 heavy (non-hydrogen) atoms. The maximum Gasteiger partial charge on any atom is 0.137 e. The van der Waals surface area contributed by atoms with Crippen molar-refractivity contribution in [2.75, 3.05) is 7.05 Å². The minimum Gasteiger partial charge on any atom is -0.313 e. The minimum atomic E-state index is -0.214. The molecule has 0 saturated heterocycles. The van der Waals surface area contributed by atoms with Gasteiger partial charge in [0.1, 0.15) is 10.8 Å². The van der Waals surface area contributed by atoms with Crippen molar-refractivity contribution >= 4 is 27.7 Å². The van der Waals surface area contributed by atoms with Gasteiger partial charge in [0.15, 0.2) is 0 Å². The smallest absolute Gasteiger partial charge is 0.137 e. The molecule has 1 N–H and O–H groups in total. The third kappa shape index (κ3) is 3.55. The molecule has 1 atom stereocenters. The highest BCUT2D eigenvalue weighted by Crippen LogP contribution is 2.34. The van der Waals surface area contributed by atoms with E-state index >= 15 is 0 Å². The lowest BCUT2D eigenvalue weighted by Gasteiger charge is -2.15. The Hall–Kier alpha value is -0.910. The molecule has 2 rings (SSSR count). The summed E-state index contributed by atoms with van der Waals surface area (Å²) in [6, 6.07) is 9.01. The van der Waals surface area contributed by atoms with E-state index in [1.807, 2.05) is 32.2 Å². The fourth-order valence-corrected chi connectivity index (χ4v) is 2.87. The Morgan fingerprint density at radius 1 is 1.32 bits per heavy atom. The number of benzene rings is 1. The summed E-state index contributed by atoms with van der Waals surface area (Å²) in [7, 11) is 1.86. The van der Waals surface area contributed by atoms with Crippen molar-refractivity contribution in [2.24, 2.45) is 0 Å². The van der Waals surface area contributed by atoms with Gasteiger partial charge in [-0.2, -0.15) is 0 Å². The zero-order chi connectivity index (χ0) is 13.8. The van der Waals surface area contributed by atoms with Crippen LogP contribution in [-0.4, -0.2) is 12.0 Å². The summed E-state index contributed by atoms with van der Waals surface area (Å²) in [6.07, 6.45) is 1.71. The van der Waals surface area contributed by atoms with Crippen LogP contribution >= 0.6 is 27.7 Å². The van der Waals surface area contributed by atoms with Crippen molar-refractivity contribution < 1.29 is 4.39 Å². The van der Waals surface area contributed by atoms with Crippen LogP contribution in [0.1, 0.15) is 18.5 Å². The molecule has 0 amide bonds. The molecule has 0 aliphatic heterocycles. The summed E-state index contributed by atoms with van der Waals surface area (Å²) in [4.78, 5) is 4.89. The van der Waals surface area contributed by atoms with Crippen molar-refractivity contribution in [2.45, 2.75) is 22.9 Å². The SMILES string of the molecule is CNC(C)c1cccc(F)c1Sc1ccc(Br)cn1. The highest BCUT2D eigenvalue weighted by atomic mass is 79.9. The van der Waals surface area contributed by atoms with Crippen molar-refractivity contribution in [3.05, 3.63) is 52.4 Å². The Kier molecular flexibility index (Phi) is 4.96. The summed E-state index contributed by atoms with van der Waals surface area (Å²) in [6.45, 7) is 2.01. The van der Waals surface area contributed by atoms with Crippen molar-refractivity contribution in [1.29, 1.82) is 0 Å². The molecule has 0 saturated carbocycles. The predicted molar refractivity (Wildman–Crippen MR) is 79.9 cm³/mol. The first-order valence-electron chi connectivity index (χ1n) is 5.87. The quantitative estimate of drug-likeness (QED) is 0.891. The molecule has 1 aromatic heterocycles. The molecule has 1 heterocycles. The molecule has 5 heteroatoms. The molecule has 0 bridgehead atoms. The van der Waals surface area contributed by atoms with Crippen LogP contribution in [0.5, 0.6) is 0 Å². The van der Waals surface area contributed by atoms with Gasteiger partial charge in [0, 0.05) is 16.7 Å². The molecule has 0 aliphatic carbocycles. The molecular formula is C14H14BrFN2S. The molecule has 0 radical (unpaired) electrons. The molecule has 1 unspecified atom stereocenters. The lowest BCUT2D eigenvalue weighted by atomic mass is 10.1. The lowest BCUT2D eigenvalue weighted by Crippen LogP contribution is -2.13. The standard InChI is InChI=1S/C14H14BrFN2S/c1-9(17-2)11-4-3-5-12(16)14(11)19-13-7-6-10(15)8-18-13/h3-9,17H,1-2H3. The molecule has 0 spiro atoms. The molecule has 0 fully saturated rings. The molecule has 0 aliphatic rings. The van der Waals surface area contributed by atoms with E-state index in [0.717, 1.165) is 15.1 Å². The van der Waals surface area contributed by atoms with Crippen LogP contribution in [0.2, 0.25) is 0 Å². The first-order chi connectivity index (χ1) is 9.11. The molecule has 2 aromatic rings. The second-order valence-electron chi connectivity index (χ2n) is 4.09. The van der Waals surface area contributed by atoms with E-state index in [0.29, 0.717) is 4.90 Å². The van der Waals surface area contributed by atoms with Crippen LogP contribution in [0.25, 0.3) is 0 Å². The normalized spacial score (nSPS) is 12.4. The van der Waals surface area contributed by atoms with Gasteiger partial charge in [-0.25, -0.2) is 9.37 Å². The highest BCUT2D eigenvalue weighted by molar-refractivity contribution is 9.10. The molecule has 100 valence electrons. The van der Waals surface area contributed by atoms with E-state index in [9.17, 15) is 4.39 Å². The Labute approximate surface area is 125 Å². The van der Waals surface area contributed by atoms with Gasteiger partial charge in [-0.1, -0.05) is 23.9 Å². The number of rotatable bonds is 4. The maximum absolute atomic E-state index is 14.0. The van der Waals surface area contributed by atoms with Gasteiger partial charge in [-0.05, 0) is 53.7 Å². The lowest BCUT2D eigenvalue weighted by molar-refractivity contribution is 0.575. The minimum absolute atomic E-state index is 0.0913. The first-order valence-corrected chi connectivity index (χ1v) is 7.48. The Morgan fingerprint density at radius 3 is 2.74 bits per heavy atom. The van der Waals surface area contributed by atoms with Crippen LogP contribution in [0, 0.1) is 5.82 Å². The van der Waals surface area contributed by atoms with Crippen molar-refractivity contribution in [1.82, 2.24) is 10.3 Å². The Morgan fingerprint density at radius 2 is 2.11 bits per heavy atom. The average molecular weight is 341 g/mol. The first kappa shape index (κ1) is 14.5. The number of hydrogen-bond acceptors (Lipinski definition) is 3. The van der Waals surface area contributed by atoms with Crippen molar-refractivity contribution in [3.63, 3.8) is 0 Å². The number of aromatic nitrogens is 1. The summed E-state index contributed by atoms with van der Waals surface area (Å²) in [5.41, 5.74) is 0.942. The van der Waals surface area contributed by atoms with Crippen LogP contribution in [0.15, 0.2) is 50.9 Å². The fourth-order valence-electron chi connectivity index (χ4n) is 1.66. The van der Waals surface area contributed by atoms with Gasteiger partial charge in [0.2, 0.25) is 0 Å². The number of hydrogen-bond donors (Lipinski definition) is 1. The Balaban J connectivity index is 2.35. The molecular weight excluding hydrogens is 327 g/mol. The van der Waals surface area contributed by atoms with Gasteiger partial charge < -0.3 is 5.32 Å². The highest BCUT2D eigenvalue weighted by Gasteiger charge is 2.14. The zero-order valence-corrected chi connectivity index (χ0v) is 13.1. The summed E-state index contributed by atoms with van der Waals surface area (Å²) < 4.78 is 14.9. The van der Waals surface area contributed by atoms with Crippen LogP contribution in [0.3, 0.4) is 0 Å². The third-order valence-electron chi connectivity index (χ3n) is 2.80. The maximum atomic E-state index is 14.0. The topological polar surface area (TPSA) is 24.9 Å². The summed E-state index contributed by atoms with van der Waals surface area (Å²) in [5, 5.41) is 3.91. The zero-order valence-electron chi connectivity index (χ0n) is 10.7. The largest absolute Gasteiger partial charge is 0.313 e. The van der Waals surface area contributed by atoms with Crippen LogP contribution < -0.4 is 5.32 Å². The van der Waals surface area contributed by atoms with Gasteiger partial charge in [0.05, 0.1) is 4.90 Å². The number of nitrogens with one attached hydrogen (secondary N) is 1. The van der Waals surface area contributed by atoms with Gasteiger partial charge in [0.25, 0.3) is 0 Å². The van der Waals surface area contributed by atoms with Gasteiger partial charge in [-0.15, -0.1) is 0 Å². The summed E-state index contributed by atoms with van der Waals surface area (Å²) in [5.74, 6) is -0.214. The van der Waals surface area contributed by atoms with E-state index in [4.69, 9.17) is 0 Å². The second-order valence-corrected chi connectivity index (χ2v) is 6.03. The fraction of sp³-hybridized carbons (Fsp3) is 0.214. The van der Waals surface area contributed by atoms with E-state index in [-0.39, 0.29) is 11.9 Å². The predicted octanol–water partition coefficient (Wildman–Crippen LogP) is 4.41. The monoisotopic (exact) mass is 340 g/mol. The Bertz CT molecular complexity index is 560. The van der Waals surface area contributed by atoms with Crippen LogP contribution in [0.4, 0.5) is 4.39 Å². The van der Waals surface area contributed by atoms with E-state index in [1.165, 1.54) is 17.8 Å². The van der Waals surface area contributed by atoms with Crippen LogP contribution in [-0.2, 0) is 0 Å². The van der Waals surface area contributed by atoms with E-state index < -0.39 is 0 Å². The van der Waals surface area contributed by atoms with E-state index in [1.54, 1.807) is 12.3 Å². The summed E-state index contributed by atoms with van der Waals surface area (Å²) >= 11 is 4.68. The number of halogens is 2. The van der Waals surface area contributed by atoms with Gasteiger partial charge in [-0.3, -0.25) is 0 Å². The average Bonchev–Trinajstić information content (AvgIpc) is 2.42. The third-order valence-corrected chi connectivity index (χ3v) is 4.36. The van der Waals surface area contributed by atoms with E-state index in [2.05, 4.69) is 26.2 Å². The molecule has 1 aromatic carbocycles. The second kappa shape index (κ2) is 6.50. The number of pyridine rings is 1. The van der Waals surface area contributed by atoms with Gasteiger partial charge >= 0.3 is 0 Å². The van der Waals surface area contributed by atoms with Crippen molar-refractivity contribution in [3.8, 4) is 0 Å². The number of nitrogens with zero attached hydrogens (tertiary/aromatic N) is 1.